The van der Waals surface area contributed by atoms with E-state index in [0.717, 1.165) is 5.92 Å². The summed E-state index contributed by atoms with van der Waals surface area (Å²) >= 11 is 3.65. The van der Waals surface area contributed by atoms with Crippen LogP contribution in [-0.2, 0) is 0 Å². The molecule has 1 heteroatoms. The summed E-state index contributed by atoms with van der Waals surface area (Å²) in [4.78, 5) is 0.698. The molecule has 0 aromatic heterocycles. The molecule has 0 spiro atoms. The van der Waals surface area contributed by atoms with Crippen LogP contribution in [0.25, 0.3) is 0 Å². The van der Waals surface area contributed by atoms with E-state index in [0.29, 0.717) is 4.83 Å². The summed E-state index contributed by atoms with van der Waals surface area (Å²) in [7, 11) is 0. The Morgan fingerprint density at radius 2 is 1.82 bits per heavy atom. The molecular formula is C10H21Br. The van der Waals surface area contributed by atoms with Gasteiger partial charge in [-0.05, 0) is 12.3 Å². The summed E-state index contributed by atoms with van der Waals surface area (Å²) in [5, 5.41) is 0. The van der Waals surface area contributed by atoms with E-state index < -0.39 is 0 Å². The standard InChI is InChI=1S/C10H21Br/c1-4-6-7-8-10(5-2)9(3)11/h9-10H,4-8H2,1-3H3. The van der Waals surface area contributed by atoms with Crippen LogP contribution in [0.5, 0.6) is 0 Å². The number of unbranched alkanes of at least 4 members (excludes halogenated alkanes) is 2. The van der Waals surface area contributed by atoms with Gasteiger partial charge in [-0.2, -0.15) is 0 Å². The Morgan fingerprint density at radius 3 is 2.18 bits per heavy atom. The third kappa shape index (κ3) is 5.72. The van der Waals surface area contributed by atoms with Crippen molar-refractivity contribution in [2.45, 2.75) is 57.7 Å². The van der Waals surface area contributed by atoms with Crippen LogP contribution >= 0.6 is 15.9 Å². The highest BCUT2D eigenvalue weighted by Crippen LogP contribution is 2.22. The summed E-state index contributed by atoms with van der Waals surface area (Å²) in [5.74, 6) is 0.890. The van der Waals surface area contributed by atoms with Crippen LogP contribution in [-0.4, -0.2) is 4.83 Å². The first-order valence-electron chi connectivity index (χ1n) is 4.86. The monoisotopic (exact) mass is 220 g/mol. The van der Waals surface area contributed by atoms with E-state index in [1.165, 1.54) is 32.1 Å². The minimum absolute atomic E-state index is 0.698. The average molecular weight is 221 g/mol. The molecule has 0 aromatic carbocycles. The van der Waals surface area contributed by atoms with Gasteiger partial charge >= 0.3 is 0 Å². The highest BCUT2D eigenvalue weighted by molar-refractivity contribution is 9.09. The highest BCUT2D eigenvalue weighted by atomic mass is 79.9. The quantitative estimate of drug-likeness (QED) is 0.461. The van der Waals surface area contributed by atoms with E-state index in [4.69, 9.17) is 0 Å². The van der Waals surface area contributed by atoms with Gasteiger partial charge in [0.25, 0.3) is 0 Å². The molecule has 11 heavy (non-hydrogen) atoms. The SMILES string of the molecule is CCCCCC(CC)C(C)Br. The number of alkyl halides is 1. The van der Waals surface area contributed by atoms with Crippen LogP contribution < -0.4 is 0 Å². The zero-order valence-electron chi connectivity index (χ0n) is 8.07. The molecule has 0 heterocycles. The van der Waals surface area contributed by atoms with Crippen LogP contribution in [0.2, 0.25) is 0 Å². The Kier molecular flexibility index (Phi) is 7.46. The van der Waals surface area contributed by atoms with Gasteiger partial charge in [-0.15, -0.1) is 0 Å². The van der Waals surface area contributed by atoms with Crippen molar-refractivity contribution in [3.8, 4) is 0 Å². The van der Waals surface area contributed by atoms with E-state index >= 15 is 0 Å². The van der Waals surface area contributed by atoms with Gasteiger partial charge in [0.1, 0.15) is 0 Å². The molecule has 0 aliphatic rings. The lowest BCUT2D eigenvalue weighted by atomic mass is 9.96. The van der Waals surface area contributed by atoms with Crippen molar-refractivity contribution in [1.82, 2.24) is 0 Å². The maximum Gasteiger partial charge on any atom is 0.0145 e. The van der Waals surface area contributed by atoms with E-state index in [1.54, 1.807) is 0 Å². The van der Waals surface area contributed by atoms with Gasteiger partial charge < -0.3 is 0 Å². The topological polar surface area (TPSA) is 0 Å². The van der Waals surface area contributed by atoms with Crippen LogP contribution in [0.4, 0.5) is 0 Å². The fourth-order valence-corrected chi connectivity index (χ4v) is 2.05. The number of hydrogen-bond acceptors (Lipinski definition) is 0. The fraction of sp³-hybridized carbons (Fsp3) is 1.00. The summed E-state index contributed by atoms with van der Waals surface area (Å²) in [6.45, 7) is 6.81. The van der Waals surface area contributed by atoms with Gasteiger partial charge in [-0.1, -0.05) is 62.4 Å². The molecule has 0 fully saturated rings. The van der Waals surface area contributed by atoms with Crippen LogP contribution in [0.3, 0.4) is 0 Å². The van der Waals surface area contributed by atoms with Gasteiger partial charge in [-0.3, -0.25) is 0 Å². The minimum atomic E-state index is 0.698. The second-order valence-corrected chi connectivity index (χ2v) is 4.79. The zero-order valence-corrected chi connectivity index (χ0v) is 9.65. The summed E-state index contributed by atoms with van der Waals surface area (Å²) in [6.07, 6.45) is 6.86. The van der Waals surface area contributed by atoms with Crippen LogP contribution in [0, 0.1) is 5.92 Å². The maximum absolute atomic E-state index is 3.65. The molecule has 0 aromatic rings. The first-order chi connectivity index (χ1) is 5.22. The Morgan fingerprint density at radius 1 is 1.18 bits per heavy atom. The summed E-state index contributed by atoms with van der Waals surface area (Å²) in [5.41, 5.74) is 0. The van der Waals surface area contributed by atoms with E-state index in [2.05, 4.69) is 36.7 Å². The lowest BCUT2D eigenvalue weighted by Gasteiger charge is -2.16. The molecule has 0 amide bonds. The van der Waals surface area contributed by atoms with Crippen molar-refractivity contribution < 1.29 is 0 Å². The van der Waals surface area contributed by atoms with Gasteiger partial charge in [0.15, 0.2) is 0 Å². The number of halogens is 1. The van der Waals surface area contributed by atoms with E-state index in [1.807, 2.05) is 0 Å². The highest BCUT2D eigenvalue weighted by Gasteiger charge is 2.10. The zero-order chi connectivity index (χ0) is 8.69. The molecule has 0 nitrogen and oxygen atoms in total. The van der Waals surface area contributed by atoms with Crippen molar-refractivity contribution >= 4 is 15.9 Å². The van der Waals surface area contributed by atoms with Gasteiger partial charge in [0.05, 0.1) is 0 Å². The molecule has 0 aliphatic heterocycles. The average Bonchev–Trinajstić information content (AvgIpc) is 1.97. The molecule has 0 rings (SSSR count). The van der Waals surface area contributed by atoms with Gasteiger partial charge in [0.2, 0.25) is 0 Å². The van der Waals surface area contributed by atoms with Crippen molar-refractivity contribution in [2.75, 3.05) is 0 Å². The minimum Gasteiger partial charge on any atom is -0.0891 e. The van der Waals surface area contributed by atoms with Crippen molar-refractivity contribution in [3.05, 3.63) is 0 Å². The third-order valence-electron chi connectivity index (χ3n) is 2.35. The van der Waals surface area contributed by atoms with E-state index in [9.17, 15) is 0 Å². The first-order valence-corrected chi connectivity index (χ1v) is 5.78. The lowest BCUT2D eigenvalue weighted by molar-refractivity contribution is 0.446. The van der Waals surface area contributed by atoms with E-state index in [-0.39, 0.29) is 0 Å². The van der Waals surface area contributed by atoms with Gasteiger partial charge in [-0.25, -0.2) is 0 Å². The molecule has 0 aliphatic carbocycles. The Hall–Kier alpha value is 0.480. The smallest absolute Gasteiger partial charge is 0.0145 e. The fourth-order valence-electron chi connectivity index (χ4n) is 1.42. The maximum atomic E-state index is 3.65. The lowest BCUT2D eigenvalue weighted by Crippen LogP contribution is -2.09. The first kappa shape index (κ1) is 11.5. The second-order valence-electron chi connectivity index (χ2n) is 3.34. The molecule has 2 atom stereocenters. The van der Waals surface area contributed by atoms with Gasteiger partial charge in [0, 0.05) is 4.83 Å². The molecule has 0 saturated carbocycles. The molecule has 0 saturated heterocycles. The second kappa shape index (κ2) is 7.15. The molecule has 0 N–H and O–H groups in total. The Bertz CT molecular complexity index is 78.9. The Labute approximate surface area is 79.9 Å². The Balaban J connectivity index is 3.36. The molecule has 68 valence electrons. The predicted octanol–water partition coefficient (Wildman–Crippen LogP) is 4.38. The summed E-state index contributed by atoms with van der Waals surface area (Å²) in [6, 6.07) is 0. The van der Waals surface area contributed by atoms with Crippen molar-refractivity contribution in [3.63, 3.8) is 0 Å². The van der Waals surface area contributed by atoms with Crippen molar-refractivity contribution in [2.24, 2.45) is 5.92 Å². The largest absolute Gasteiger partial charge is 0.0891 e. The summed E-state index contributed by atoms with van der Waals surface area (Å²) < 4.78 is 0. The van der Waals surface area contributed by atoms with Crippen LogP contribution in [0.15, 0.2) is 0 Å². The molecular weight excluding hydrogens is 200 g/mol. The van der Waals surface area contributed by atoms with Crippen LogP contribution in [0.1, 0.15) is 52.9 Å². The number of rotatable bonds is 6. The molecule has 0 bridgehead atoms. The molecule has 0 radical (unpaired) electrons. The number of hydrogen-bond donors (Lipinski definition) is 0. The van der Waals surface area contributed by atoms with Crippen molar-refractivity contribution in [1.29, 1.82) is 0 Å². The third-order valence-corrected chi connectivity index (χ3v) is 3.10. The normalized spacial score (nSPS) is 16.4. The molecule has 2 unspecified atom stereocenters. The predicted molar refractivity (Wildman–Crippen MR) is 56.3 cm³/mol.